The van der Waals surface area contributed by atoms with Crippen LogP contribution in [0.15, 0.2) is 79.1 Å². The molecule has 5 aromatic rings. The van der Waals surface area contributed by atoms with E-state index in [9.17, 15) is 18.0 Å². The minimum atomic E-state index is -4.55. The molecule has 0 unspecified atom stereocenters. The SMILES string of the molecule is CNc1ncc2cc(-c3cc(NC(=O)c4cccc(C(F)(F)F)c4)ccc3C)c(OC)c(-c3ccccn3)c2n1. The molecule has 0 aliphatic heterocycles. The second-order valence-corrected chi connectivity index (χ2v) is 8.99. The minimum absolute atomic E-state index is 0.102. The smallest absolute Gasteiger partial charge is 0.416 e. The van der Waals surface area contributed by atoms with Crippen LogP contribution in [0.2, 0.25) is 0 Å². The van der Waals surface area contributed by atoms with Crippen molar-refractivity contribution >= 4 is 28.4 Å². The Hall–Kier alpha value is -4.99. The number of amides is 1. The molecule has 2 N–H and O–H groups in total. The van der Waals surface area contributed by atoms with Crippen LogP contribution >= 0.6 is 0 Å². The molecular weight excluding hydrogens is 519 g/mol. The predicted octanol–water partition coefficient (Wildman–Crippen LogP) is 6.99. The van der Waals surface area contributed by atoms with Crippen LogP contribution in [0.5, 0.6) is 5.75 Å². The second kappa shape index (κ2) is 10.6. The summed E-state index contributed by atoms with van der Waals surface area (Å²) in [4.78, 5) is 26.5. The normalized spacial score (nSPS) is 11.3. The van der Waals surface area contributed by atoms with Crippen molar-refractivity contribution < 1.29 is 22.7 Å². The van der Waals surface area contributed by atoms with E-state index in [0.29, 0.717) is 39.7 Å². The second-order valence-electron chi connectivity index (χ2n) is 8.99. The van der Waals surface area contributed by atoms with Crippen LogP contribution in [0.1, 0.15) is 21.5 Å². The van der Waals surface area contributed by atoms with Crippen LogP contribution in [0.4, 0.5) is 24.8 Å². The number of alkyl halides is 3. The van der Waals surface area contributed by atoms with Gasteiger partial charge in [0.25, 0.3) is 5.91 Å². The summed E-state index contributed by atoms with van der Waals surface area (Å²) in [6.07, 6.45) is -1.16. The van der Waals surface area contributed by atoms with E-state index in [-0.39, 0.29) is 5.56 Å². The molecule has 5 rings (SSSR count). The van der Waals surface area contributed by atoms with Crippen molar-refractivity contribution in [3.63, 3.8) is 0 Å². The van der Waals surface area contributed by atoms with Crippen LogP contribution < -0.4 is 15.4 Å². The zero-order chi connectivity index (χ0) is 28.4. The van der Waals surface area contributed by atoms with Gasteiger partial charge in [0.15, 0.2) is 0 Å². The molecular formula is C30H24F3N5O2. The lowest BCUT2D eigenvalue weighted by Crippen LogP contribution is -2.14. The molecule has 0 spiro atoms. The Bertz CT molecular complexity index is 1720. The van der Waals surface area contributed by atoms with E-state index in [2.05, 4.69) is 25.6 Å². The highest BCUT2D eigenvalue weighted by Gasteiger charge is 2.31. The minimum Gasteiger partial charge on any atom is -0.495 e. The number of carbonyl (C=O) groups excluding carboxylic acids is 1. The average Bonchev–Trinajstić information content (AvgIpc) is 2.96. The standard InChI is InChI=1S/C30H24F3N5O2/c1-17-10-11-21(37-28(39)18-7-6-8-20(13-18)30(31,32)33)15-22(17)23-14-19-16-36-29(34-2)38-26(19)25(27(23)40-3)24-9-4-5-12-35-24/h4-16H,1-3H3,(H,37,39)(H,34,36,38). The van der Waals surface area contributed by atoms with Crippen LogP contribution in [-0.2, 0) is 6.18 Å². The summed E-state index contributed by atoms with van der Waals surface area (Å²) in [5.74, 6) is 0.305. The summed E-state index contributed by atoms with van der Waals surface area (Å²) >= 11 is 0. The number of methoxy groups -OCH3 is 1. The third kappa shape index (κ3) is 5.15. The van der Waals surface area contributed by atoms with Gasteiger partial charge in [-0.15, -0.1) is 0 Å². The zero-order valence-corrected chi connectivity index (χ0v) is 21.8. The molecule has 10 heteroatoms. The number of anilines is 2. The van der Waals surface area contributed by atoms with Gasteiger partial charge in [0.2, 0.25) is 5.95 Å². The van der Waals surface area contributed by atoms with Gasteiger partial charge in [-0.25, -0.2) is 9.97 Å². The molecule has 1 amide bonds. The fourth-order valence-corrected chi connectivity index (χ4v) is 4.47. The van der Waals surface area contributed by atoms with E-state index in [4.69, 9.17) is 4.74 Å². The number of halogens is 3. The number of aromatic nitrogens is 3. The molecule has 0 saturated heterocycles. The van der Waals surface area contributed by atoms with E-state index in [0.717, 1.165) is 28.6 Å². The summed E-state index contributed by atoms with van der Waals surface area (Å²) in [6, 6.07) is 17.0. The fourth-order valence-electron chi connectivity index (χ4n) is 4.47. The predicted molar refractivity (Wildman–Crippen MR) is 148 cm³/mol. The van der Waals surface area contributed by atoms with Crippen molar-refractivity contribution in [3.05, 3.63) is 95.8 Å². The molecule has 2 heterocycles. The lowest BCUT2D eigenvalue weighted by atomic mass is 9.93. The Morgan fingerprint density at radius 2 is 1.77 bits per heavy atom. The number of hydrogen-bond donors (Lipinski definition) is 2. The molecule has 0 bridgehead atoms. The number of nitrogens with one attached hydrogen (secondary N) is 2. The highest BCUT2D eigenvalue weighted by atomic mass is 19.4. The van der Waals surface area contributed by atoms with Crippen molar-refractivity contribution in [2.45, 2.75) is 13.1 Å². The highest BCUT2D eigenvalue weighted by Crippen LogP contribution is 2.44. The molecule has 0 aliphatic carbocycles. The van der Waals surface area contributed by atoms with Crippen LogP contribution in [0.25, 0.3) is 33.3 Å². The van der Waals surface area contributed by atoms with Gasteiger partial charge < -0.3 is 15.4 Å². The highest BCUT2D eigenvalue weighted by molar-refractivity contribution is 6.05. The molecule has 202 valence electrons. The first-order valence-corrected chi connectivity index (χ1v) is 12.3. The molecule has 0 fully saturated rings. The summed E-state index contributed by atoms with van der Waals surface area (Å²) in [7, 11) is 3.29. The quantitative estimate of drug-likeness (QED) is 0.240. The van der Waals surface area contributed by atoms with Crippen molar-refractivity contribution in [2.75, 3.05) is 24.8 Å². The van der Waals surface area contributed by atoms with E-state index >= 15 is 0 Å². The molecule has 0 radical (unpaired) electrons. The van der Waals surface area contributed by atoms with Crippen LogP contribution in [-0.4, -0.2) is 35.0 Å². The van der Waals surface area contributed by atoms with Gasteiger partial charge in [-0.3, -0.25) is 9.78 Å². The molecule has 0 atom stereocenters. The maximum absolute atomic E-state index is 13.2. The molecule has 0 saturated carbocycles. The molecule has 3 aromatic carbocycles. The van der Waals surface area contributed by atoms with E-state index < -0.39 is 17.6 Å². The monoisotopic (exact) mass is 543 g/mol. The first-order chi connectivity index (χ1) is 19.2. The number of fused-ring (bicyclic) bond motifs is 1. The Morgan fingerprint density at radius 3 is 2.48 bits per heavy atom. The van der Waals surface area contributed by atoms with Gasteiger partial charge >= 0.3 is 6.18 Å². The number of aryl methyl sites for hydroxylation is 1. The van der Waals surface area contributed by atoms with Crippen molar-refractivity contribution in [1.82, 2.24) is 15.0 Å². The average molecular weight is 544 g/mol. The summed E-state index contributed by atoms with van der Waals surface area (Å²) in [5.41, 5.74) is 3.73. The van der Waals surface area contributed by atoms with Crippen molar-refractivity contribution in [2.24, 2.45) is 0 Å². The van der Waals surface area contributed by atoms with Crippen LogP contribution in [0, 0.1) is 6.92 Å². The number of hydrogen-bond acceptors (Lipinski definition) is 6. The lowest BCUT2D eigenvalue weighted by Gasteiger charge is -2.18. The maximum Gasteiger partial charge on any atom is 0.416 e. The van der Waals surface area contributed by atoms with E-state index in [1.54, 1.807) is 38.7 Å². The van der Waals surface area contributed by atoms with Gasteiger partial charge in [-0.2, -0.15) is 13.2 Å². The number of nitrogens with zero attached hydrogens (tertiary/aromatic N) is 3. The number of ether oxygens (including phenoxy) is 1. The van der Waals surface area contributed by atoms with Gasteiger partial charge in [-0.1, -0.05) is 18.2 Å². The van der Waals surface area contributed by atoms with E-state index in [1.165, 1.54) is 12.1 Å². The Balaban J connectivity index is 1.63. The van der Waals surface area contributed by atoms with Gasteiger partial charge in [-0.05, 0) is 66.6 Å². The largest absolute Gasteiger partial charge is 0.495 e. The Labute approximate surface area is 228 Å². The number of carbonyl (C=O) groups is 1. The van der Waals surface area contributed by atoms with Gasteiger partial charge in [0, 0.05) is 41.6 Å². The first kappa shape index (κ1) is 26.6. The summed E-state index contributed by atoms with van der Waals surface area (Å²) in [6.45, 7) is 1.92. The molecule has 0 aliphatic rings. The summed E-state index contributed by atoms with van der Waals surface area (Å²) in [5, 5.41) is 6.42. The fraction of sp³-hybridized carbons (Fsp3) is 0.133. The number of rotatable bonds is 6. The number of benzene rings is 3. The topological polar surface area (TPSA) is 89.0 Å². The maximum atomic E-state index is 13.2. The third-order valence-corrected chi connectivity index (χ3v) is 6.41. The molecule has 7 nitrogen and oxygen atoms in total. The Morgan fingerprint density at radius 1 is 0.950 bits per heavy atom. The zero-order valence-electron chi connectivity index (χ0n) is 21.8. The molecule has 2 aromatic heterocycles. The van der Waals surface area contributed by atoms with E-state index in [1.807, 2.05) is 37.3 Å². The Kier molecular flexibility index (Phi) is 7.08. The summed E-state index contributed by atoms with van der Waals surface area (Å²) < 4.78 is 45.4. The first-order valence-electron chi connectivity index (χ1n) is 12.3. The van der Waals surface area contributed by atoms with Gasteiger partial charge in [0.1, 0.15) is 5.75 Å². The lowest BCUT2D eigenvalue weighted by molar-refractivity contribution is -0.137. The van der Waals surface area contributed by atoms with Crippen molar-refractivity contribution in [1.29, 1.82) is 0 Å². The third-order valence-electron chi connectivity index (χ3n) is 6.41. The van der Waals surface area contributed by atoms with Crippen LogP contribution in [0.3, 0.4) is 0 Å². The van der Waals surface area contributed by atoms with Gasteiger partial charge in [0.05, 0.1) is 29.4 Å². The van der Waals surface area contributed by atoms with Crippen molar-refractivity contribution in [3.8, 4) is 28.1 Å². The molecule has 40 heavy (non-hydrogen) atoms. The number of pyridine rings is 1.